The van der Waals surface area contributed by atoms with Crippen molar-refractivity contribution in [1.82, 2.24) is 0 Å². The summed E-state index contributed by atoms with van der Waals surface area (Å²) in [6.45, 7) is 10.8. The monoisotopic (exact) mass is 1970 g/mol. The minimum absolute atomic E-state index is 0.00555. The Hall–Kier alpha value is -14.2. The molecule has 0 saturated heterocycles. The van der Waals surface area contributed by atoms with E-state index in [0.717, 1.165) is 57.2 Å². The highest BCUT2D eigenvalue weighted by molar-refractivity contribution is 7.87. The summed E-state index contributed by atoms with van der Waals surface area (Å²) in [6, 6.07) is 97.5. The summed E-state index contributed by atoms with van der Waals surface area (Å²) < 4.78 is 223. The number of benzene rings is 13. The van der Waals surface area contributed by atoms with Crippen molar-refractivity contribution >= 4 is 69.4 Å². The molecule has 0 aliphatic rings. The molecule has 726 valence electrons. The maximum absolute atomic E-state index is 12.4. The van der Waals surface area contributed by atoms with Crippen molar-refractivity contribution in [3.63, 3.8) is 0 Å². The van der Waals surface area contributed by atoms with Gasteiger partial charge in [0.15, 0.2) is 28.9 Å². The molecule has 13 aromatic carbocycles. The fraction of sp³-hybridized carbons (Fsp3) is 0.186. The lowest BCUT2D eigenvalue weighted by Crippen LogP contribution is -2.56. The maximum atomic E-state index is 12.4. The van der Waals surface area contributed by atoms with Crippen LogP contribution in [0.3, 0.4) is 0 Å². The number of aryl methyl sites for hydroxylation is 4. The van der Waals surface area contributed by atoms with E-state index in [1.165, 1.54) is 0 Å². The largest absolute Gasteiger partial charge is 0.497 e. The van der Waals surface area contributed by atoms with Crippen molar-refractivity contribution in [2.45, 2.75) is 78.4 Å². The third kappa shape index (κ3) is 41.3. The molecule has 0 heterocycles. The lowest BCUT2D eigenvalue weighted by atomic mass is 10.0. The summed E-state index contributed by atoms with van der Waals surface area (Å²) in [5.41, 5.74) is 10.6. The molecule has 0 radical (unpaired) electrons. The average Bonchev–Trinajstić information content (AvgIpc) is 0.748. The number of Topliss-reactive ketones (excluding diaryl/α,β-unsaturated/α-hetero) is 1. The molecule has 25 nitrogen and oxygen atoms in total. The Morgan fingerprint density at radius 1 is 0.285 bits per heavy atom. The molecule has 0 aliphatic carbocycles. The van der Waals surface area contributed by atoms with Gasteiger partial charge in [0.05, 0.1) is 46.7 Å². The van der Waals surface area contributed by atoms with Crippen LogP contribution < -0.4 is 37.9 Å². The van der Waals surface area contributed by atoms with Gasteiger partial charge in [-0.05, 0) is 235 Å². The van der Waals surface area contributed by atoms with Gasteiger partial charge in [-0.1, -0.05) is 163 Å². The Labute approximate surface area is 792 Å². The van der Waals surface area contributed by atoms with Crippen molar-refractivity contribution in [2.24, 2.45) is 0 Å². The number of ketones is 5. The molecule has 0 bridgehead atoms. The quantitative estimate of drug-likeness (QED) is 0.0211. The van der Waals surface area contributed by atoms with Crippen LogP contribution in [0, 0.1) is 27.7 Å². The first-order chi connectivity index (χ1) is 64.2. The summed E-state index contributed by atoms with van der Waals surface area (Å²) in [7, 11) is -11.1. The number of hydrogen-bond acceptors (Lipinski definition) is 21. The number of unbranched alkanes of at least 4 members (excludes halogenated alkanes) is 1. The van der Waals surface area contributed by atoms with E-state index in [1.807, 2.05) is 259 Å². The van der Waals surface area contributed by atoms with Gasteiger partial charge in [-0.2, -0.15) is 60.0 Å². The van der Waals surface area contributed by atoms with Gasteiger partial charge in [-0.3, -0.25) is 42.2 Å². The first-order valence-corrected chi connectivity index (χ1v) is 47.6. The Kier molecular flexibility index (Phi) is 44.5. The van der Waals surface area contributed by atoms with E-state index in [-0.39, 0.29) is 34.7 Å². The van der Waals surface area contributed by atoms with Gasteiger partial charge in [0.1, 0.15) is 69.0 Å². The molecule has 13 aromatic rings. The zero-order valence-electron chi connectivity index (χ0n) is 76.5. The van der Waals surface area contributed by atoms with Crippen LogP contribution in [0.5, 0.6) is 69.0 Å². The second-order valence-electron chi connectivity index (χ2n) is 29.5. The van der Waals surface area contributed by atoms with E-state index in [4.69, 9.17) is 56.1 Å². The third-order valence-corrected chi connectivity index (χ3v) is 19.8. The van der Waals surface area contributed by atoms with Crippen LogP contribution in [0.2, 0.25) is 0 Å². The molecule has 0 aromatic heterocycles. The molecule has 13 rings (SSSR count). The molecule has 0 amide bonds. The standard InChI is InChI=1S/4C21H18O3.C8H8O.C4H4F6O3S.C4H10O3S.2CH4O3S/c4*1-15-3-5-16(6-4-15)21(22)17-7-9-19(10-8-17)24-20-13-11-18(23-2)12-14-20;1-7(9)8-5-3-2-4-6-8;1-2(5,6)3(7,8)4(9,10)14(11,12)13;1-2-3-4-8(5,6)7;2*1-5(2,3)4/h4*3-14H,1-2H3;2-6H,1H3;1H3,(H,11,12,13);2-4H2,1H3,(H,5,6,7);2*1H3,(H,2,3,4). The number of halogens is 6. The Morgan fingerprint density at radius 2 is 0.453 bits per heavy atom. The molecule has 0 saturated carbocycles. The van der Waals surface area contributed by atoms with Gasteiger partial charge < -0.3 is 37.9 Å². The van der Waals surface area contributed by atoms with Crippen molar-refractivity contribution in [3.8, 4) is 69.0 Å². The van der Waals surface area contributed by atoms with Crippen LogP contribution in [0.25, 0.3) is 0 Å². The van der Waals surface area contributed by atoms with Crippen LogP contribution in [0.15, 0.2) is 322 Å². The molecule has 0 spiro atoms. The molecule has 0 fully saturated rings. The Balaban J connectivity index is 0.000000285. The van der Waals surface area contributed by atoms with Gasteiger partial charge in [-0.15, -0.1) is 0 Å². The Morgan fingerprint density at radius 3 is 0.577 bits per heavy atom. The minimum atomic E-state index is -6.61. The summed E-state index contributed by atoms with van der Waals surface area (Å²) in [6.07, 6.45) is 2.76. The molecule has 4 N–H and O–H groups in total. The van der Waals surface area contributed by atoms with Gasteiger partial charge in [-0.25, -0.2) is 0 Å². The van der Waals surface area contributed by atoms with E-state index in [2.05, 4.69) is 0 Å². The summed E-state index contributed by atoms with van der Waals surface area (Å²) in [4.78, 5) is 60.4. The van der Waals surface area contributed by atoms with Crippen LogP contribution >= 0.6 is 0 Å². The third-order valence-electron chi connectivity index (χ3n) is 18.1. The zero-order chi connectivity index (χ0) is 102. The van der Waals surface area contributed by atoms with E-state index in [0.29, 0.717) is 109 Å². The molecule has 0 unspecified atom stereocenters. The second-order valence-corrected chi connectivity index (χ2v) is 35.4. The highest BCUT2D eigenvalue weighted by atomic mass is 32.2. The molecule has 137 heavy (non-hydrogen) atoms. The summed E-state index contributed by atoms with van der Waals surface area (Å²) in [5.74, 6) is -2.73. The number of ether oxygens (including phenoxy) is 8. The van der Waals surface area contributed by atoms with Crippen molar-refractivity contribution in [1.29, 1.82) is 0 Å². The van der Waals surface area contributed by atoms with Crippen LogP contribution in [0.1, 0.15) is 130 Å². The molecule has 35 heteroatoms. The highest BCUT2D eigenvalue weighted by Gasteiger charge is 2.75. The predicted octanol–water partition coefficient (Wildman–Crippen LogP) is 23.4. The first-order valence-electron chi connectivity index (χ1n) is 40.8. The summed E-state index contributed by atoms with van der Waals surface area (Å²) >= 11 is 0. The number of rotatable bonds is 27. The van der Waals surface area contributed by atoms with E-state index in [1.54, 1.807) is 132 Å². The Bertz CT molecular complexity index is 5840. The van der Waals surface area contributed by atoms with Gasteiger partial charge in [0, 0.05) is 57.0 Å². The molecular weight excluding hydrogens is 1870 g/mol. The molecule has 0 atom stereocenters. The van der Waals surface area contributed by atoms with Crippen LogP contribution in [-0.4, -0.2) is 145 Å². The van der Waals surface area contributed by atoms with Crippen molar-refractivity contribution in [2.75, 3.05) is 46.7 Å². The second kappa shape index (κ2) is 53.8. The average molecular weight is 1970 g/mol. The number of hydrogen-bond donors (Lipinski definition) is 4. The van der Waals surface area contributed by atoms with Gasteiger partial charge in [0.25, 0.3) is 30.4 Å². The van der Waals surface area contributed by atoms with Crippen LogP contribution in [0.4, 0.5) is 26.3 Å². The zero-order valence-corrected chi connectivity index (χ0v) is 79.7. The van der Waals surface area contributed by atoms with E-state index >= 15 is 0 Å². The number of carbonyl (C=O) groups is 5. The maximum Gasteiger partial charge on any atom is 0.437 e. The first kappa shape index (κ1) is 113. The molecule has 0 aliphatic heterocycles. The van der Waals surface area contributed by atoms with Gasteiger partial charge >= 0.3 is 27.2 Å². The predicted molar refractivity (Wildman–Crippen MR) is 511 cm³/mol. The number of alkyl halides is 6. The topological polar surface area (TPSA) is 377 Å². The smallest absolute Gasteiger partial charge is 0.437 e. The highest BCUT2D eigenvalue weighted by Crippen LogP contribution is 2.48. The van der Waals surface area contributed by atoms with Crippen LogP contribution in [-0.2, 0) is 40.5 Å². The fourth-order valence-corrected chi connectivity index (χ4v) is 11.9. The minimum Gasteiger partial charge on any atom is -0.497 e. The van der Waals surface area contributed by atoms with Crippen molar-refractivity contribution < 1.29 is 140 Å². The molecular formula is C102H102F6O25S4. The lowest BCUT2D eigenvalue weighted by Gasteiger charge is -2.28. The fourth-order valence-electron chi connectivity index (χ4n) is 10.7. The SMILES string of the molecule is CC(=O)c1ccccc1.CC(F)(F)C(F)(F)C(F)(F)S(=O)(=O)O.CCCCS(=O)(=O)O.COc1ccc(Oc2ccc(C(=O)c3ccc(C)cc3)cc2)cc1.COc1ccc(Oc2ccc(C(=O)c3ccc(C)cc3)cc2)cc1.COc1ccc(Oc2ccc(C(=O)c3ccc(C)cc3)cc2)cc1.COc1ccc(Oc2ccc(C(=O)c3ccc(C)cc3)cc2)cc1.CS(=O)(=O)O.CS(=O)(=O)O. The van der Waals surface area contributed by atoms with E-state index in [9.17, 15) is 84.0 Å². The lowest BCUT2D eigenvalue weighted by molar-refractivity contribution is -0.273. The van der Waals surface area contributed by atoms with Gasteiger partial charge in [0.2, 0.25) is 0 Å². The van der Waals surface area contributed by atoms with Crippen molar-refractivity contribution in [3.05, 3.63) is 394 Å². The summed E-state index contributed by atoms with van der Waals surface area (Å²) in [5, 5.41) is -6.24. The number of carbonyl (C=O) groups excluding carboxylic acids is 5. The normalized spacial score (nSPS) is 10.9. The van der Waals surface area contributed by atoms with E-state index < -0.39 is 64.5 Å². The number of methoxy groups -OCH3 is 4.